The van der Waals surface area contributed by atoms with Crippen LogP contribution in [-0.4, -0.2) is 18.1 Å². The smallest absolute Gasteiger partial charge is 0.220 e. The van der Waals surface area contributed by atoms with Gasteiger partial charge in [0.1, 0.15) is 6.17 Å². The molecule has 118 valence electrons. The van der Waals surface area contributed by atoms with E-state index in [0.29, 0.717) is 11.0 Å². The Hall–Kier alpha value is -2.53. The standard InChI is InChI=1S/C17H18ClN5/c1-11(12-5-3-2-4-6-12)15-21-16(19)22-17(20)23(15)14-9-7-13(18)8-10-14/h2-11,15H,1H3,(H4,19,20,21,22). The molecule has 5 nitrogen and oxygen atoms in total. The zero-order valence-electron chi connectivity index (χ0n) is 12.7. The van der Waals surface area contributed by atoms with Crippen LogP contribution in [0.25, 0.3) is 0 Å². The van der Waals surface area contributed by atoms with E-state index in [9.17, 15) is 0 Å². The summed E-state index contributed by atoms with van der Waals surface area (Å²) in [4.78, 5) is 10.5. The second kappa shape index (κ2) is 6.30. The Morgan fingerprint density at radius 3 is 2.35 bits per heavy atom. The molecule has 0 saturated heterocycles. The van der Waals surface area contributed by atoms with Gasteiger partial charge in [0.2, 0.25) is 11.9 Å². The number of nitrogens with two attached hydrogens (primary N) is 2. The van der Waals surface area contributed by atoms with Crippen molar-refractivity contribution in [2.75, 3.05) is 4.90 Å². The van der Waals surface area contributed by atoms with Crippen LogP contribution in [0, 0.1) is 0 Å². The molecule has 6 heteroatoms. The third kappa shape index (κ3) is 3.14. The van der Waals surface area contributed by atoms with Gasteiger partial charge in [-0.2, -0.15) is 4.99 Å². The lowest BCUT2D eigenvalue weighted by Crippen LogP contribution is -2.50. The number of hydrogen-bond donors (Lipinski definition) is 2. The van der Waals surface area contributed by atoms with E-state index in [1.165, 1.54) is 0 Å². The van der Waals surface area contributed by atoms with Crippen LogP contribution < -0.4 is 16.4 Å². The first-order valence-corrected chi connectivity index (χ1v) is 7.71. The molecule has 23 heavy (non-hydrogen) atoms. The van der Waals surface area contributed by atoms with E-state index in [0.717, 1.165) is 11.3 Å². The van der Waals surface area contributed by atoms with Crippen molar-refractivity contribution in [3.63, 3.8) is 0 Å². The highest BCUT2D eigenvalue weighted by Gasteiger charge is 2.31. The summed E-state index contributed by atoms with van der Waals surface area (Å²) in [7, 11) is 0. The van der Waals surface area contributed by atoms with Crippen molar-refractivity contribution >= 4 is 29.2 Å². The van der Waals surface area contributed by atoms with Crippen LogP contribution in [0.4, 0.5) is 5.69 Å². The highest BCUT2D eigenvalue weighted by Crippen LogP contribution is 2.30. The molecule has 0 aliphatic carbocycles. The number of nitrogens with zero attached hydrogens (tertiary/aromatic N) is 3. The van der Waals surface area contributed by atoms with Gasteiger partial charge in [0.05, 0.1) is 0 Å². The van der Waals surface area contributed by atoms with Crippen LogP contribution in [0.15, 0.2) is 64.6 Å². The molecule has 2 aromatic rings. The number of guanidine groups is 2. The second-order valence-electron chi connectivity index (χ2n) is 5.42. The van der Waals surface area contributed by atoms with Crippen LogP contribution in [-0.2, 0) is 0 Å². The molecule has 0 aromatic heterocycles. The number of hydrogen-bond acceptors (Lipinski definition) is 5. The molecule has 0 saturated carbocycles. The van der Waals surface area contributed by atoms with Gasteiger partial charge in [-0.1, -0.05) is 48.9 Å². The minimum Gasteiger partial charge on any atom is -0.369 e. The van der Waals surface area contributed by atoms with Crippen molar-refractivity contribution in [2.45, 2.75) is 19.0 Å². The summed E-state index contributed by atoms with van der Waals surface area (Å²) >= 11 is 5.98. The van der Waals surface area contributed by atoms with Crippen molar-refractivity contribution in [3.8, 4) is 0 Å². The van der Waals surface area contributed by atoms with Gasteiger partial charge in [-0.05, 0) is 29.8 Å². The average molecular weight is 328 g/mol. The Morgan fingerprint density at radius 2 is 1.70 bits per heavy atom. The summed E-state index contributed by atoms with van der Waals surface area (Å²) < 4.78 is 0. The summed E-state index contributed by atoms with van der Waals surface area (Å²) in [5.41, 5.74) is 14.0. The van der Waals surface area contributed by atoms with E-state index in [-0.39, 0.29) is 18.0 Å². The zero-order valence-corrected chi connectivity index (χ0v) is 13.5. The Labute approximate surface area is 140 Å². The third-order valence-electron chi connectivity index (χ3n) is 3.88. The van der Waals surface area contributed by atoms with Crippen molar-refractivity contribution in [1.29, 1.82) is 0 Å². The summed E-state index contributed by atoms with van der Waals surface area (Å²) in [5, 5.41) is 0.664. The second-order valence-corrected chi connectivity index (χ2v) is 5.85. The number of anilines is 1. The van der Waals surface area contributed by atoms with E-state index in [1.54, 1.807) is 0 Å². The predicted octanol–water partition coefficient (Wildman–Crippen LogP) is 2.92. The highest BCUT2D eigenvalue weighted by atomic mass is 35.5. The van der Waals surface area contributed by atoms with Gasteiger partial charge in [-0.3, -0.25) is 4.90 Å². The molecule has 3 rings (SSSR count). The van der Waals surface area contributed by atoms with Crippen LogP contribution in [0.2, 0.25) is 5.02 Å². The third-order valence-corrected chi connectivity index (χ3v) is 4.13. The minimum absolute atomic E-state index is 0.0829. The summed E-state index contributed by atoms with van der Waals surface area (Å²) in [5.74, 6) is 0.604. The maximum Gasteiger partial charge on any atom is 0.220 e. The molecule has 4 N–H and O–H groups in total. The molecule has 0 fully saturated rings. The van der Waals surface area contributed by atoms with Gasteiger partial charge in [0.15, 0.2) is 0 Å². The topological polar surface area (TPSA) is 80.0 Å². The van der Waals surface area contributed by atoms with Crippen LogP contribution in [0.5, 0.6) is 0 Å². The lowest BCUT2D eigenvalue weighted by molar-refractivity contribution is 0.576. The molecule has 0 amide bonds. The van der Waals surface area contributed by atoms with Gasteiger partial charge < -0.3 is 11.5 Å². The van der Waals surface area contributed by atoms with E-state index >= 15 is 0 Å². The summed E-state index contributed by atoms with van der Waals surface area (Å²) in [6.07, 6.45) is -0.268. The highest BCUT2D eigenvalue weighted by molar-refractivity contribution is 6.30. The molecule has 1 aliphatic heterocycles. The first kappa shape index (κ1) is 15.4. The fraction of sp³-hybridized carbons (Fsp3) is 0.176. The minimum atomic E-state index is -0.268. The maximum absolute atomic E-state index is 6.13. The molecule has 2 aromatic carbocycles. The molecule has 1 aliphatic rings. The Morgan fingerprint density at radius 1 is 1.04 bits per heavy atom. The molecular weight excluding hydrogens is 310 g/mol. The normalized spacial score (nSPS) is 19.0. The molecule has 0 spiro atoms. The molecule has 0 bridgehead atoms. The number of halogens is 1. The SMILES string of the molecule is CC(c1ccccc1)C1N=C(N)N=C(N)N1c1ccc(Cl)cc1. The Bertz CT molecular complexity index is 739. The van der Waals surface area contributed by atoms with E-state index < -0.39 is 0 Å². The van der Waals surface area contributed by atoms with Gasteiger partial charge in [-0.15, -0.1) is 0 Å². The lowest BCUT2D eigenvalue weighted by atomic mass is 9.97. The van der Waals surface area contributed by atoms with Gasteiger partial charge in [-0.25, -0.2) is 4.99 Å². The van der Waals surface area contributed by atoms with E-state index in [1.807, 2.05) is 47.4 Å². The van der Waals surface area contributed by atoms with Crippen LogP contribution >= 0.6 is 11.6 Å². The Kier molecular flexibility index (Phi) is 4.21. The molecule has 1 heterocycles. The fourth-order valence-corrected chi connectivity index (χ4v) is 2.81. The molecule has 2 unspecified atom stereocenters. The van der Waals surface area contributed by atoms with Crippen molar-refractivity contribution in [1.82, 2.24) is 0 Å². The zero-order chi connectivity index (χ0) is 16.4. The average Bonchev–Trinajstić information content (AvgIpc) is 2.55. The van der Waals surface area contributed by atoms with Crippen molar-refractivity contribution in [2.24, 2.45) is 21.5 Å². The predicted molar refractivity (Wildman–Crippen MR) is 95.8 cm³/mol. The van der Waals surface area contributed by atoms with Crippen molar-refractivity contribution in [3.05, 3.63) is 65.2 Å². The number of rotatable bonds is 3. The summed E-state index contributed by atoms with van der Waals surface area (Å²) in [6.45, 7) is 2.10. The van der Waals surface area contributed by atoms with Gasteiger partial charge in [0, 0.05) is 16.6 Å². The van der Waals surface area contributed by atoms with E-state index in [4.69, 9.17) is 23.1 Å². The van der Waals surface area contributed by atoms with Gasteiger partial charge in [0.25, 0.3) is 0 Å². The molecule has 2 atom stereocenters. The molecule has 0 radical (unpaired) electrons. The number of aliphatic imine (C=N–C) groups is 2. The van der Waals surface area contributed by atoms with Crippen molar-refractivity contribution < 1.29 is 0 Å². The fourth-order valence-electron chi connectivity index (χ4n) is 2.68. The van der Waals surface area contributed by atoms with Crippen LogP contribution in [0.3, 0.4) is 0 Å². The largest absolute Gasteiger partial charge is 0.369 e. The lowest BCUT2D eigenvalue weighted by Gasteiger charge is -2.36. The monoisotopic (exact) mass is 327 g/mol. The molecular formula is C17H18ClN5. The quantitative estimate of drug-likeness (QED) is 0.909. The first-order valence-electron chi connectivity index (χ1n) is 7.33. The Balaban J connectivity index is 2.01. The number of benzene rings is 2. The van der Waals surface area contributed by atoms with Crippen LogP contribution in [0.1, 0.15) is 18.4 Å². The van der Waals surface area contributed by atoms with Gasteiger partial charge >= 0.3 is 0 Å². The maximum atomic E-state index is 6.13. The summed E-state index contributed by atoms with van der Waals surface area (Å²) in [6, 6.07) is 17.6. The van der Waals surface area contributed by atoms with E-state index in [2.05, 4.69) is 29.0 Å². The first-order chi connectivity index (χ1) is 11.1.